The van der Waals surface area contributed by atoms with Crippen molar-refractivity contribution in [3.05, 3.63) is 42.4 Å². The van der Waals surface area contributed by atoms with Gasteiger partial charge in [-0.1, -0.05) is 6.07 Å². The van der Waals surface area contributed by atoms with Crippen LogP contribution in [0.2, 0.25) is 0 Å². The number of aromatic nitrogens is 3. The van der Waals surface area contributed by atoms with Gasteiger partial charge in [-0.15, -0.1) is 0 Å². The molecule has 0 saturated carbocycles. The SMILES string of the molecule is COc1cn(C)nc1C(C)Nc1cccc2c(OC)ccnc12. The summed E-state index contributed by atoms with van der Waals surface area (Å²) in [7, 11) is 5.19. The van der Waals surface area contributed by atoms with Gasteiger partial charge in [-0.25, -0.2) is 0 Å². The summed E-state index contributed by atoms with van der Waals surface area (Å²) < 4.78 is 12.5. The van der Waals surface area contributed by atoms with E-state index in [0.717, 1.165) is 33.8 Å². The largest absolute Gasteiger partial charge is 0.496 e. The number of hydrogen-bond donors (Lipinski definition) is 1. The van der Waals surface area contributed by atoms with Crippen LogP contribution in [0.5, 0.6) is 11.5 Å². The zero-order valence-corrected chi connectivity index (χ0v) is 13.7. The maximum atomic E-state index is 5.41. The van der Waals surface area contributed by atoms with Crippen LogP contribution in [-0.2, 0) is 7.05 Å². The molecule has 3 rings (SSSR count). The van der Waals surface area contributed by atoms with Crippen LogP contribution in [0.1, 0.15) is 18.7 Å². The average molecular weight is 312 g/mol. The first kappa shape index (κ1) is 15.1. The number of benzene rings is 1. The number of aryl methyl sites for hydroxylation is 1. The molecule has 2 heterocycles. The van der Waals surface area contributed by atoms with E-state index in [-0.39, 0.29) is 6.04 Å². The fourth-order valence-corrected chi connectivity index (χ4v) is 2.69. The lowest BCUT2D eigenvalue weighted by atomic mass is 10.1. The molecule has 0 radical (unpaired) electrons. The van der Waals surface area contributed by atoms with Gasteiger partial charge < -0.3 is 14.8 Å². The minimum atomic E-state index is -0.0234. The second-order valence-electron chi connectivity index (χ2n) is 5.34. The summed E-state index contributed by atoms with van der Waals surface area (Å²) in [6, 6.07) is 7.82. The number of rotatable bonds is 5. The molecule has 23 heavy (non-hydrogen) atoms. The van der Waals surface area contributed by atoms with Crippen LogP contribution in [0, 0.1) is 0 Å². The molecule has 0 saturated heterocycles. The predicted molar refractivity (Wildman–Crippen MR) is 90.1 cm³/mol. The first-order valence-corrected chi connectivity index (χ1v) is 7.39. The zero-order valence-electron chi connectivity index (χ0n) is 13.7. The van der Waals surface area contributed by atoms with Gasteiger partial charge in [0.15, 0.2) is 5.75 Å². The molecule has 6 heteroatoms. The Balaban J connectivity index is 1.98. The van der Waals surface area contributed by atoms with Gasteiger partial charge in [-0.3, -0.25) is 9.67 Å². The first-order valence-electron chi connectivity index (χ1n) is 7.39. The van der Waals surface area contributed by atoms with Crippen molar-refractivity contribution in [3.63, 3.8) is 0 Å². The highest BCUT2D eigenvalue weighted by atomic mass is 16.5. The third-order valence-electron chi connectivity index (χ3n) is 3.78. The van der Waals surface area contributed by atoms with Crippen molar-refractivity contribution in [2.45, 2.75) is 13.0 Å². The Morgan fingerprint density at radius 1 is 1.13 bits per heavy atom. The number of ether oxygens (including phenoxy) is 2. The van der Waals surface area contributed by atoms with Crippen molar-refractivity contribution in [1.29, 1.82) is 0 Å². The fraction of sp³-hybridized carbons (Fsp3) is 0.294. The van der Waals surface area contributed by atoms with Crippen LogP contribution in [-0.4, -0.2) is 29.0 Å². The van der Waals surface area contributed by atoms with Gasteiger partial charge in [-0.05, 0) is 25.1 Å². The number of pyridine rings is 1. The molecule has 0 fully saturated rings. The molecule has 0 bridgehead atoms. The van der Waals surface area contributed by atoms with E-state index in [1.807, 2.05) is 44.4 Å². The number of methoxy groups -OCH3 is 2. The lowest BCUT2D eigenvalue weighted by Crippen LogP contribution is -2.09. The fourth-order valence-electron chi connectivity index (χ4n) is 2.69. The summed E-state index contributed by atoms with van der Waals surface area (Å²) in [6.07, 6.45) is 3.61. The summed E-state index contributed by atoms with van der Waals surface area (Å²) in [4.78, 5) is 4.48. The summed E-state index contributed by atoms with van der Waals surface area (Å²) in [6.45, 7) is 2.05. The van der Waals surface area contributed by atoms with E-state index < -0.39 is 0 Å². The molecule has 0 amide bonds. The third-order valence-corrected chi connectivity index (χ3v) is 3.78. The Bertz CT molecular complexity index is 829. The normalized spacial score (nSPS) is 12.2. The van der Waals surface area contributed by atoms with E-state index in [0.29, 0.717) is 0 Å². The molecule has 0 aliphatic heterocycles. The smallest absolute Gasteiger partial charge is 0.162 e. The Hall–Kier alpha value is -2.76. The average Bonchev–Trinajstić information content (AvgIpc) is 2.95. The number of nitrogens with one attached hydrogen (secondary N) is 1. The quantitative estimate of drug-likeness (QED) is 0.784. The van der Waals surface area contributed by atoms with Crippen molar-refractivity contribution in [1.82, 2.24) is 14.8 Å². The molecule has 6 nitrogen and oxygen atoms in total. The molecule has 3 aromatic rings. The van der Waals surface area contributed by atoms with Crippen molar-refractivity contribution in [3.8, 4) is 11.5 Å². The van der Waals surface area contributed by atoms with Crippen LogP contribution < -0.4 is 14.8 Å². The number of anilines is 1. The number of nitrogens with zero attached hydrogens (tertiary/aromatic N) is 3. The molecular weight excluding hydrogens is 292 g/mol. The van der Waals surface area contributed by atoms with E-state index in [4.69, 9.17) is 9.47 Å². The maximum Gasteiger partial charge on any atom is 0.162 e. The number of para-hydroxylation sites is 1. The van der Waals surface area contributed by atoms with E-state index in [2.05, 4.69) is 15.4 Å². The number of hydrogen-bond acceptors (Lipinski definition) is 5. The van der Waals surface area contributed by atoms with Crippen LogP contribution in [0.3, 0.4) is 0 Å². The molecule has 1 aromatic carbocycles. The second kappa shape index (κ2) is 6.16. The molecule has 1 atom stereocenters. The summed E-state index contributed by atoms with van der Waals surface area (Å²) in [5, 5.41) is 8.91. The van der Waals surface area contributed by atoms with E-state index in [1.165, 1.54) is 0 Å². The second-order valence-corrected chi connectivity index (χ2v) is 5.34. The standard InChI is InChI=1S/C17H20N4O2/c1-11(16-15(23-4)10-21(2)20-16)19-13-7-5-6-12-14(22-3)8-9-18-17(12)13/h5-11,19H,1-4H3. The lowest BCUT2D eigenvalue weighted by molar-refractivity contribution is 0.407. The van der Waals surface area contributed by atoms with Crippen molar-refractivity contribution >= 4 is 16.6 Å². The number of fused-ring (bicyclic) bond motifs is 1. The summed E-state index contributed by atoms with van der Waals surface area (Å²) in [5.41, 5.74) is 2.66. The first-order chi connectivity index (χ1) is 11.1. The lowest BCUT2D eigenvalue weighted by Gasteiger charge is -2.16. The maximum absolute atomic E-state index is 5.41. The molecular formula is C17H20N4O2. The van der Waals surface area contributed by atoms with Crippen LogP contribution in [0.4, 0.5) is 5.69 Å². The topological polar surface area (TPSA) is 61.2 Å². The van der Waals surface area contributed by atoms with Gasteiger partial charge in [0.1, 0.15) is 11.4 Å². The van der Waals surface area contributed by atoms with Gasteiger partial charge in [0.05, 0.1) is 37.7 Å². The molecule has 2 aromatic heterocycles. The van der Waals surface area contributed by atoms with E-state index >= 15 is 0 Å². The van der Waals surface area contributed by atoms with Gasteiger partial charge >= 0.3 is 0 Å². The monoisotopic (exact) mass is 312 g/mol. The van der Waals surface area contributed by atoms with Gasteiger partial charge in [0.2, 0.25) is 0 Å². The molecule has 0 spiro atoms. The van der Waals surface area contributed by atoms with Crippen LogP contribution >= 0.6 is 0 Å². The predicted octanol–water partition coefficient (Wildman–Crippen LogP) is 3.16. The molecule has 1 N–H and O–H groups in total. The van der Waals surface area contributed by atoms with Crippen LogP contribution in [0.15, 0.2) is 36.7 Å². The van der Waals surface area contributed by atoms with Gasteiger partial charge in [0.25, 0.3) is 0 Å². The molecule has 120 valence electrons. The highest BCUT2D eigenvalue weighted by molar-refractivity contribution is 5.94. The summed E-state index contributed by atoms with van der Waals surface area (Å²) >= 11 is 0. The minimum absolute atomic E-state index is 0.0234. The third kappa shape index (κ3) is 2.79. The zero-order chi connectivity index (χ0) is 16.4. The molecule has 0 aliphatic carbocycles. The van der Waals surface area contributed by atoms with Crippen LogP contribution in [0.25, 0.3) is 10.9 Å². The Labute approximate surface area is 135 Å². The Morgan fingerprint density at radius 3 is 2.65 bits per heavy atom. The van der Waals surface area contributed by atoms with Gasteiger partial charge in [-0.2, -0.15) is 5.10 Å². The molecule has 1 unspecified atom stereocenters. The summed E-state index contributed by atoms with van der Waals surface area (Å²) in [5.74, 6) is 1.57. The Morgan fingerprint density at radius 2 is 1.91 bits per heavy atom. The van der Waals surface area contributed by atoms with Crippen molar-refractivity contribution < 1.29 is 9.47 Å². The van der Waals surface area contributed by atoms with E-state index in [1.54, 1.807) is 25.1 Å². The highest BCUT2D eigenvalue weighted by Gasteiger charge is 2.17. The minimum Gasteiger partial charge on any atom is -0.496 e. The Kier molecular flexibility index (Phi) is 4.06. The van der Waals surface area contributed by atoms with Crippen molar-refractivity contribution in [2.24, 2.45) is 7.05 Å². The highest BCUT2D eigenvalue weighted by Crippen LogP contribution is 2.32. The van der Waals surface area contributed by atoms with Crippen molar-refractivity contribution in [2.75, 3.05) is 19.5 Å². The van der Waals surface area contributed by atoms with Gasteiger partial charge in [0, 0.05) is 18.6 Å². The van der Waals surface area contributed by atoms with E-state index in [9.17, 15) is 0 Å². The molecule has 0 aliphatic rings.